The fourth-order valence-electron chi connectivity index (χ4n) is 5.16. The Morgan fingerprint density at radius 1 is 1.15 bits per heavy atom. The number of nitrogens with zero attached hydrogens (tertiary/aromatic N) is 3. The quantitative estimate of drug-likeness (QED) is 0.885. The number of H-pyrrole nitrogens is 1. The fourth-order valence-corrected chi connectivity index (χ4v) is 5.16. The first-order valence-corrected chi connectivity index (χ1v) is 10.3. The van der Waals surface area contributed by atoms with E-state index >= 15 is 0 Å². The Hall–Kier alpha value is -1.92. The molecule has 27 heavy (non-hydrogen) atoms. The number of benzene rings is 1. The number of nitrogens with one attached hydrogen (secondary N) is 1. The molecule has 1 aromatic heterocycles. The molecular formula is C21H28N4O2. The van der Waals surface area contributed by atoms with Gasteiger partial charge in [-0.2, -0.15) is 5.10 Å². The molecule has 0 aliphatic carbocycles. The number of amides is 1. The Balaban J connectivity index is 1.26. The average molecular weight is 368 g/mol. The van der Waals surface area contributed by atoms with Crippen molar-refractivity contribution in [1.82, 2.24) is 20.0 Å². The second-order valence-corrected chi connectivity index (χ2v) is 8.33. The van der Waals surface area contributed by atoms with Crippen LogP contribution in [0.5, 0.6) is 0 Å². The van der Waals surface area contributed by atoms with E-state index in [9.17, 15) is 4.79 Å². The molecule has 4 heterocycles. The Labute approximate surface area is 159 Å². The van der Waals surface area contributed by atoms with Crippen LogP contribution in [0.2, 0.25) is 0 Å². The molecule has 1 N–H and O–H groups in total. The number of carbonyl (C=O) groups excluding carboxylic acids is 1. The van der Waals surface area contributed by atoms with Gasteiger partial charge in [-0.1, -0.05) is 18.2 Å². The van der Waals surface area contributed by atoms with E-state index in [2.05, 4.69) is 15.1 Å². The molecule has 6 nitrogen and oxygen atoms in total. The van der Waals surface area contributed by atoms with Crippen LogP contribution >= 0.6 is 0 Å². The van der Waals surface area contributed by atoms with Crippen LogP contribution in [0.15, 0.2) is 24.3 Å². The molecule has 1 atom stereocenters. The molecule has 1 unspecified atom stereocenters. The number of aromatic amines is 1. The highest BCUT2D eigenvalue weighted by Gasteiger charge is 2.43. The topological polar surface area (TPSA) is 61.5 Å². The minimum absolute atomic E-state index is 0.0318. The monoisotopic (exact) mass is 368 g/mol. The minimum Gasteiger partial charge on any atom is -0.375 e. The van der Waals surface area contributed by atoms with Gasteiger partial charge in [-0.25, -0.2) is 0 Å². The van der Waals surface area contributed by atoms with Gasteiger partial charge in [-0.15, -0.1) is 0 Å². The van der Waals surface area contributed by atoms with Crippen LogP contribution in [0.25, 0.3) is 10.9 Å². The van der Waals surface area contributed by atoms with Gasteiger partial charge in [-0.3, -0.25) is 9.89 Å². The van der Waals surface area contributed by atoms with Crippen LogP contribution in [0.1, 0.15) is 49.0 Å². The van der Waals surface area contributed by atoms with E-state index < -0.39 is 0 Å². The molecular weight excluding hydrogens is 340 g/mol. The molecule has 2 aromatic rings. The zero-order valence-electron chi connectivity index (χ0n) is 15.8. The highest BCUT2D eigenvalue weighted by atomic mass is 16.5. The highest BCUT2D eigenvalue weighted by molar-refractivity contribution is 6.04. The van der Waals surface area contributed by atoms with Gasteiger partial charge in [0, 0.05) is 31.1 Å². The lowest BCUT2D eigenvalue weighted by Crippen LogP contribution is -2.54. The molecule has 1 spiro atoms. The zero-order chi connectivity index (χ0) is 18.3. The van der Waals surface area contributed by atoms with Crippen molar-refractivity contribution in [3.63, 3.8) is 0 Å². The molecule has 0 bridgehead atoms. The third-order valence-corrected chi connectivity index (χ3v) is 6.76. The van der Waals surface area contributed by atoms with Gasteiger partial charge in [0.25, 0.3) is 5.91 Å². The first-order valence-electron chi connectivity index (χ1n) is 10.3. The number of ether oxygens (including phenoxy) is 1. The predicted molar refractivity (Wildman–Crippen MR) is 104 cm³/mol. The zero-order valence-corrected chi connectivity index (χ0v) is 15.8. The number of likely N-dealkylation sites (tertiary alicyclic amines) is 2. The average Bonchev–Trinajstić information content (AvgIpc) is 3.38. The number of aromatic nitrogens is 2. The number of hydrogen-bond acceptors (Lipinski definition) is 4. The number of rotatable bonds is 2. The second-order valence-electron chi connectivity index (χ2n) is 8.33. The Bertz CT molecular complexity index is 818. The minimum atomic E-state index is -0.0318. The maximum Gasteiger partial charge on any atom is 0.274 e. The van der Waals surface area contributed by atoms with Gasteiger partial charge in [0.1, 0.15) is 0 Å². The standard InChI is InChI=1S/C21H28N4O2/c26-20(19-17-5-1-2-6-18(17)22-23-19)25-12-8-21(9-13-25)15-16(7-14-27-21)24-10-3-4-11-24/h1-2,5-6,16H,3-4,7-15H2,(H,22,23). The van der Waals surface area contributed by atoms with Crippen molar-refractivity contribution in [2.45, 2.75) is 50.2 Å². The van der Waals surface area contributed by atoms with Crippen molar-refractivity contribution in [1.29, 1.82) is 0 Å². The first-order chi connectivity index (χ1) is 13.2. The van der Waals surface area contributed by atoms with Crippen molar-refractivity contribution in [2.24, 2.45) is 0 Å². The predicted octanol–water partition coefficient (Wildman–Crippen LogP) is 2.81. The molecule has 3 fully saturated rings. The smallest absolute Gasteiger partial charge is 0.274 e. The summed E-state index contributed by atoms with van der Waals surface area (Å²) >= 11 is 0. The van der Waals surface area contributed by atoms with E-state index in [0.29, 0.717) is 11.7 Å². The van der Waals surface area contributed by atoms with Crippen molar-refractivity contribution >= 4 is 16.8 Å². The van der Waals surface area contributed by atoms with Gasteiger partial charge in [0.05, 0.1) is 11.1 Å². The van der Waals surface area contributed by atoms with E-state index in [1.807, 2.05) is 29.2 Å². The molecule has 3 saturated heterocycles. The van der Waals surface area contributed by atoms with E-state index in [-0.39, 0.29) is 11.5 Å². The maximum absolute atomic E-state index is 13.0. The van der Waals surface area contributed by atoms with E-state index in [1.54, 1.807) is 0 Å². The second kappa shape index (κ2) is 6.91. The number of hydrogen-bond donors (Lipinski definition) is 1. The normalized spacial score (nSPS) is 26.1. The summed E-state index contributed by atoms with van der Waals surface area (Å²) in [6, 6.07) is 8.49. The van der Waals surface area contributed by atoms with Crippen LogP contribution in [-0.4, -0.2) is 70.3 Å². The van der Waals surface area contributed by atoms with E-state index in [4.69, 9.17) is 4.74 Å². The summed E-state index contributed by atoms with van der Waals surface area (Å²) in [5.41, 5.74) is 1.43. The summed E-state index contributed by atoms with van der Waals surface area (Å²) in [5, 5.41) is 8.17. The number of fused-ring (bicyclic) bond motifs is 1. The largest absolute Gasteiger partial charge is 0.375 e. The van der Waals surface area contributed by atoms with Gasteiger partial charge in [0.2, 0.25) is 0 Å². The van der Waals surface area contributed by atoms with E-state index in [1.165, 1.54) is 25.9 Å². The Morgan fingerprint density at radius 3 is 2.74 bits per heavy atom. The summed E-state index contributed by atoms with van der Waals surface area (Å²) < 4.78 is 6.30. The molecule has 1 amide bonds. The molecule has 5 rings (SSSR count). The van der Waals surface area contributed by atoms with Crippen LogP contribution in [0.3, 0.4) is 0 Å². The molecule has 3 aliphatic heterocycles. The summed E-state index contributed by atoms with van der Waals surface area (Å²) in [6.07, 6.45) is 6.83. The lowest BCUT2D eigenvalue weighted by molar-refractivity contribution is -0.128. The van der Waals surface area contributed by atoms with Crippen molar-refractivity contribution in [3.05, 3.63) is 30.0 Å². The van der Waals surface area contributed by atoms with Gasteiger partial charge < -0.3 is 14.5 Å². The van der Waals surface area contributed by atoms with Gasteiger partial charge in [-0.05, 0) is 57.7 Å². The van der Waals surface area contributed by atoms with Crippen LogP contribution < -0.4 is 0 Å². The van der Waals surface area contributed by atoms with Crippen molar-refractivity contribution in [3.8, 4) is 0 Å². The summed E-state index contributed by atoms with van der Waals surface area (Å²) in [7, 11) is 0. The highest BCUT2D eigenvalue weighted by Crippen LogP contribution is 2.38. The van der Waals surface area contributed by atoms with E-state index in [0.717, 1.165) is 56.3 Å². The maximum atomic E-state index is 13.0. The number of carbonyl (C=O) groups is 1. The Morgan fingerprint density at radius 2 is 1.93 bits per heavy atom. The summed E-state index contributed by atoms with van der Waals surface area (Å²) in [4.78, 5) is 17.6. The van der Waals surface area contributed by atoms with Crippen molar-refractivity contribution < 1.29 is 9.53 Å². The lowest BCUT2D eigenvalue weighted by Gasteiger charge is -2.47. The Kier molecular flexibility index (Phi) is 4.40. The molecule has 0 saturated carbocycles. The van der Waals surface area contributed by atoms with Crippen LogP contribution in [0, 0.1) is 0 Å². The molecule has 144 valence electrons. The number of piperidine rings is 1. The lowest BCUT2D eigenvalue weighted by atomic mass is 9.82. The van der Waals surface area contributed by atoms with Crippen molar-refractivity contribution in [2.75, 3.05) is 32.8 Å². The fraction of sp³-hybridized carbons (Fsp3) is 0.619. The third-order valence-electron chi connectivity index (χ3n) is 6.76. The molecule has 0 radical (unpaired) electrons. The summed E-state index contributed by atoms with van der Waals surface area (Å²) in [6.45, 7) is 4.87. The van der Waals surface area contributed by atoms with Gasteiger partial charge in [0.15, 0.2) is 5.69 Å². The SMILES string of the molecule is O=C(c1n[nH]c2ccccc12)N1CCC2(CC1)CC(N1CCCC1)CCO2. The molecule has 3 aliphatic rings. The summed E-state index contributed by atoms with van der Waals surface area (Å²) in [5.74, 6) is 0.0363. The molecule has 1 aromatic carbocycles. The third kappa shape index (κ3) is 3.15. The van der Waals surface area contributed by atoms with Crippen LogP contribution in [-0.2, 0) is 4.74 Å². The molecule has 6 heteroatoms. The number of para-hydroxylation sites is 1. The van der Waals surface area contributed by atoms with Gasteiger partial charge >= 0.3 is 0 Å². The first kappa shape index (κ1) is 17.2. The van der Waals surface area contributed by atoms with Crippen LogP contribution in [0.4, 0.5) is 0 Å².